The molecule has 0 aliphatic rings. The second-order valence-electron chi connectivity index (χ2n) is 6.59. The number of benzene rings is 1. The van der Waals surface area contributed by atoms with Crippen LogP contribution in [0.15, 0.2) is 29.2 Å². The van der Waals surface area contributed by atoms with Crippen molar-refractivity contribution in [2.75, 3.05) is 26.4 Å². The van der Waals surface area contributed by atoms with Crippen LogP contribution in [0.5, 0.6) is 0 Å². The Bertz CT molecular complexity index is 384. The van der Waals surface area contributed by atoms with E-state index in [4.69, 9.17) is 0 Å². The largest absolute Gasteiger partial charge is 0.388 e. The molecule has 0 bridgehead atoms. The van der Waals surface area contributed by atoms with Crippen molar-refractivity contribution in [2.45, 2.75) is 44.1 Å². The van der Waals surface area contributed by atoms with E-state index in [-0.39, 0.29) is 0 Å². The van der Waals surface area contributed by atoms with Gasteiger partial charge < -0.3 is 10.0 Å². The standard InChI is InChI=1S/C17H29NOS/c1-14(2)10-11-20-16-8-6-15(7-9-16)12-17(3,19)13-18(4)5/h6-9,14,19H,10-13H2,1-5H3. The van der Waals surface area contributed by atoms with E-state index in [0.717, 1.165) is 5.92 Å². The molecule has 1 atom stereocenters. The minimum absolute atomic E-state index is 0.671. The van der Waals surface area contributed by atoms with Crippen molar-refractivity contribution in [2.24, 2.45) is 5.92 Å². The maximum Gasteiger partial charge on any atom is 0.0785 e. The van der Waals surface area contributed by atoms with Crippen LogP contribution in [-0.4, -0.2) is 42.0 Å². The van der Waals surface area contributed by atoms with E-state index >= 15 is 0 Å². The normalized spacial score (nSPS) is 14.8. The summed E-state index contributed by atoms with van der Waals surface area (Å²) >= 11 is 1.92. The van der Waals surface area contributed by atoms with Crippen molar-refractivity contribution in [3.8, 4) is 0 Å². The molecule has 0 aromatic heterocycles. The van der Waals surface area contributed by atoms with Gasteiger partial charge in [0.2, 0.25) is 0 Å². The Kier molecular flexibility index (Phi) is 7.07. The quantitative estimate of drug-likeness (QED) is 0.740. The summed E-state index contributed by atoms with van der Waals surface area (Å²) in [6.45, 7) is 7.10. The Morgan fingerprint density at radius 3 is 2.30 bits per heavy atom. The van der Waals surface area contributed by atoms with Gasteiger partial charge in [-0.25, -0.2) is 0 Å². The lowest BCUT2D eigenvalue weighted by Gasteiger charge is -2.27. The zero-order valence-corrected chi connectivity index (χ0v) is 14.3. The molecule has 0 radical (unpaired) electrons. The van der Waals surface area contributed by atoms with Gasteiger partial charge in [0.1, 0.15) is 0 Å². The first-order valence-corrected chi connectivity index (χ1v) is 8.36. The van der Waals surface area contributed by atoms with Gasteiger partial charge in [-0.1, -0.05) is 26.0 Å². The van der Waals surface area contributed by atoms with Crippen molar-refractivity contribution < 1.29 is 5.11 Å². The van der Waals surface area contributed by atoms with Gasteiger partial charge in [-0.15, -0.1) is 11.8 Å². The average Bonchev–Trinajstić information content (AvgIpc) is 2.28. The molecule has 1 aromatic carbocycles. The first kappa shape index (κ1) is 17.5. The zero-order chi connectivity index (χ0) is 15.2. The lowest BCUT2D eigenvalue weighted by Crippen LogP contribution is -2.39. The van der Waals surface area contributed by atoms with Crippen LogP contribution in [0, 0.1) is 5.92 Å². The van der Waals surface area contributed by atoms with E-state index in [2.05, 4.69) is 38.1 Å². The molecule has 1 N–H and O–H groups in total. The Morgan fingerprint density at radius 1 is 1.20 bits per heavy atom. The molecule has 20 heavy (non-hydrogen) atoms. The maximum atomic E-state index is 10.4. The molecular formula is C17H29NOS. The molecule has 0 aliphatic carbocycles. The molecule has 0 amide bonds. The fraction of sp³-hybridized carbons (Fsp3) is 0.647. The molecule has 0 aliphatic heterocycles. The third-order valence-corrected chi connectivity index (χ3v) is 4.17. The summed E-state index contributed by atoms with van der Waals surface area (Å²) < 4.78 is 0. The summed E-state index contributed by atoms with van der Waals surface area (Å²) in [5.41, 5.74) is 0.528. The Hall–Kier alpha value is -0.510. The van der Waals surface area contributed by atoms with Crippen molar-refractivity contribution in [1.29, 1.82) is 0 Å². The topological polar surface area (TPSA) is 23.5 Å². The van der Waals surface area contributed by atoms with E-state index in [1.165, 1.54) is 22.6 Å². The molecular weight excluding hydrogens is 266 g/mol. The highest BCUT2D eigenvalue weighted by molar-refractivity contribution is 7.99. The number of rotatable bonds is 8. The Labute approximate surface area is 128 Å². The van der Waals surface area contributed by atoms with Crippen molar-refractivity contribution in [3.63, 3.8) is 0 Å². The van der Waals surface area contributed by atoms with E-state index < -0.39 is 5.60 Å². The number of thioether (sulfide) groups is 1. The molecule has 1 unspecified atom stereocenters. The second-order valence-corrected chi connectivity index (χ2v) is 7.75. The third kappa shape index (κ3) is 7.32. The van der Waals surface area contributed by atoms with Crippen LogP contribution in [-0.2, 0) is 6.42 Å². The van der Waals surface area contributed by atoms with Gasteiger partial charge in [0.25, 0.3) is 0 Å². The molecule has 0 saturated carbocycles. The van der Waals surface area contributed by atoms with Gasteiger partial charge >= 0.3 is 0 Å². The van der Waals surface area contributed by atoms with Crippen LogP contribution in [0.1, 0.15) is 32.8 Å². The molecule has 0 fully saturated rings. The van der Waals surface area contributed by atoms with Crippen molar-refractivity contribution in [3.05, 3.63) is 29.8 Å². The van der Waals surface area contributed by atoms with E-state index in [9.17, 15) is 5.11 Å². The average molecular weight is 295 g/mol. The Balaban J connectivity index is 2.49. The number of hydrogen-bond donors (Lipinski definition) is 1. The summed E-state index contributed by atoms with van der Waals surface area (Å²) in [7, 11) is 3.98. The summed E-state index contributed by atoms with van der Waals surface area (Å²) in [6.07, 6.45) is 1.95. The highest BCUT2D eigenvalue weighted by Gasteiger charge is 2.21. The Morgan fingerprint density at radius 2 is 1.80 bits per heavy atom. The lowest BCUT2D eigenvalue weighted by molar-refractivity contribution is 0.0339. The summed E-state index contributed by atoms with van der Waals surface area (Å²) in [5, 5.41) is 10.4. The molecule has 3 heteroatoms. The van der Waals surface area contributed by atoms with Gasteiger partial charge in [0.05, 0.1) is 5.60 Å². The van der Waals surface area contributed by atoms with E-state index in [0.29, 0.717) is 13.0 Å². The van der Waals surface area contributed by atoms with Crippen LogP contribution >= 0.6 is 11.8 Å². The minimum Gasteiger partial charge on any atom is -0.388 e. The highest BCUT2D eigenvalue weighted by Crippen LogP contribution is 2.22. The minimum atomic E-state index is -0.671. The van der Waals surface area contributed by atoms with Crippen LogP contribution in [0.3, 0.4) is 0 Å². The smallest absolute Gasteiger partial charge is 0.0785 e. The molecule has 0 spiro atoms. The van der Waals surface area contributed by atoms with Crippen LogP contribution in [0.2, 0.25) is 0 Å². The predicted octanol–water partition coefficient (Wildman–Crippen LogP) is 3.68. The van der Waals surface area contributed by atoms with Gasteiger partial charge in [0, 0.05) is 17.9 Å². The van der Waals surface area contributed by atoms with Gasteiger partial charge in [-0.3, -0.25) is 0 Å². The molecule has 1 rings (SSSR count). The summed E-state index contributed by atoms with van der Waals surface area (Å²) in [4.78, 5) is 3.34. The first-order valence-electron chi connectivity index (χ1n) is 7.37. The third-order valence-electron chi connectivity index (χ3n) is 3.13. The molecule has 0 heterocycles. The van der Waals surface area contributed by atoms with Crippen LogP contribution in [0.25, 0.3) is 0 Å². The van der Waals surface area contributed by atoms with Crippen molar-refractivity contribution in [1.82, 2.24) is 4.90 Å². The molecule has 2 nitrogen and oxygen atoms in total. The lowest BCUT2D eigenvalue weighted by atomic mass is 9.96. The van der Waals surface area contributed by atoms with Crippen LogP contribution in [0.4, 0.5) is 0 Å². The van der Waals surface area contributed by atoms with E-state index in [1.807, 2.05) is 37.7 Å². The first-order chi connectivity index (χ1) is 9.28. The van der Waals surface area contributed by atoms with Crippen LogP contribution < -0.4 is 0 Å². The fourth-order valence-electron chi connectivity index (χ4n) is 2.29. The second kappa shape index (κ2) is 8.06. The van der Waals surface area contributed by atoms with E-state index in [1.54, 1.807) is 0 Å². The summed E-state index contributed by atoms with van der Waals surface area (Å²) in [5.74, 6) is 1.94. The number of hydrogen-bond acceptors (Lipinski definition) is 3. The maximum absolute atomic E-state index is 10.4. The number of likely N-dealkylation sites (N-methyl/N-ethyl adjacent to an activating group) is 1. The SMILES string of the molecule is CC(C)CCSc1ccc(CC(C)(O)CN(C)C)cc1. The highest BCUT2D eigenvalue weighted by atomic mass is 32.2. The monoisotopic (exact) mass is 295 g/mol. The van der Waals surface area contributed by atoms with Gasteiger partial charge in [-0.05, 0) is 56.8 Å². The van der Waals surface area contributed by atoms with Gasteiger partial charge in [0.15, 0.2) is 0 Å². The van der Waals surface area contributed by atoms with Gasteiger partial charge in [-0.2, -0.15) is 0 Å². The number of nitrogens with zero attached hydrogens (tertiary/aromatic N) is 1. The molecule has 114 valence electrons. The molecule has 0 saturated heterocycles. The predicted molar refractivity (Wildman–Crippen MR) is 89.5 cm³/mol. The van der Waals surface area contributed by atoms with Crippen molar-refractivity contribution >= 4 is 11.8 Å². The fourth-order valence-corrected chi connectivity index (χ4v) is 3.45. The number of aliphatic hydroxyl groups is 1. The molecule has 1 aromatic rings. The summed E-state index contributed by atoms with van der Waals surface area (Å²) in [6, 6.07) is 8.63. The zero-order valence-electron chi connectivity index (χ0n) is 13.5.